The molecule has 2 aromatic rings. The van der Waals surface area contributed by atoms with E-state index in [2.05, 4.69) is 9.97 Å². The molecule has 0 bridgehead atoms. The number of hydrogen-bond acceptors (Lipinski definition) is 4. The second-order valence-electron chi connectivity index (χ2n) is 4.30. The minimum atomic E-state index is -0.479. The van der Waals surface area contributed by atoms with E-state index in [0.29, 0.717) is 22.6 Å². The lowest BCUT2D eigenvalue weighted by Crippen LogP contribution is -2.18. The number of aromatic amines is 1. The molecule has 0 spiro atoms. The van der Waals surface area contributed by atoms with Crippen LogP contribution in [0.2, 0.25) is 0 Å². The second-order valence-corrected chi connectivity index (χ2v) is 4.30. The molecule has 0 saturated carbocycles. The van der Waals surface area contributed by atoms with Crippen LogP contribution < -0.4 is 10.3 Å². The number of H-pyrrole nitrogens is 1. The van der Waals surface area contributed by atoms with Crippen molar-refractivity contribution in [1.29, 1.82) is 0 Å². The molecule has 0 fully saturated rings. The highest BCUT2D eigenvalue weighted by Crippen LogP contribution is 2.23. The quantitative estimate of drug-likeness (QED) is 0.887. The average molecular weight is 278 g/mol. The van der Waals surface area contributed by atoms with Crippen molar-refractivity contribution in [3.63, 3.8) is 0 Å². The molecule has 106 valence electrons. The lowest BCUT2D eigenvalue weighted by molar-refractivity contribution is 0.298. The number of rotatable bonds is 4. The summed E-state index contributed by atoms with van der Waals surface area (Å²) in [7, 11) is 1.37. The SMILES string of the molecule is COc1cc(-c2nc(C)c(CCO)c(=O)[nH]2)ccc1F. The number of methoxy groups -OCH3 is 1. The van der Waals surface area contributed by atoms with Gasteiger partial charge in [-0.15, -0.1) is 0 Å². The van der Waals surface area contributed by atoms with Gasteiger partial charge < -0.3 is 14.8 Å². The van der Waals surface area contributed by atoms with E-state index in [9.17, 15) is 9.18 Å². The van der Waals surface area contributed by atoms with Crippen molar-refractivity contribution in [2.24, 2.45) is 0 Å². The van der Waals surface area contributed by atoms with Crippen molar-refractivity contribution >= 4 is 0 Å². The highest BCUT2D eigenvalue weighted by Gasteiger charge is 2.11. The van der Waals surface area contributed by atoms with Gasteiger partial charge in [0.2, 0.25) is 0 Å². The van der Waals surface area contributed by atoms with Crippen LogP contribution >= 0.6 is 0 Å². The van der Waals surface area contributed by atoms with Crippen molar-refractivity contribution in [1.82, 2.24) is 9.97 Å². The molecule has 20 heavy (non-hydrogen) atoms. The number of ether oxygens (including phenoxy) is 1. The molecular formula is C14H15FN2O3. The molecule has 0 radical (unpaired) electrons. The largest absolute Gasteiger partial charge is 0.494 e. The lowest BCUT2D eigenvalue weighted by Gasteiger charge is -2.08. The highest BCUT2D eigenvalue weighted by molar-refractivity contribution is 5.58. The predicted molar refractivity (Wildman–Crippen MR) is 72.3 cm³/mol. The third-order valence-corrected chi connectivity index (χ3v) is 3.01. The number of nitrogens with zero attached hydrogens (tertiary/aromatic N) is 1. The van der Waals surface area contributed by atoms with Gasteiger partial charge in [-0.05, 0) is 25.1 Å². The van der Waals surface area contributed by atoms with Crippen LogP contribution in [0.15, 0.2) is 23.0 Å². The molecular weight excluding hydrogens is 263 g/mol. The van der Waals surface area contributed by atoms with Crippen LogP contribution in [0.1, 0.15) is 11.3 Å². The van der Waals surface area contributed by atoms with E-state index >= 15 is 0 Å². The van der Waals surface area contributed by atoms with Crippen LogP contribution in [0.4, 0.5) is 4.39 Å². The first kappa shape index (κ1) is 14.2. The van der Waals surface area contributed by atoms with E-state index in [1.165, 1.54) is 25.3 Å². The maximum Gasteiger partial charge on any atom is 0.254 e. The van der Waals surface area contributed by atoms with Crippen LogP contribution in [-0.2, 0) is 6.42 Å². The lowest BCUT2D eigenvalue weighted by atomic mass is 10.1. The first-order valence-electron chi connectivity index (χ1n) is 6.11. The van der Waals surface area contributed by atoms with E-state index in [0.717, 1.165) is 0 Å². The van der Waals surface area contributed by atoms with Gasteiger partial charge in [0.1, 0.15) is 5.82 Å². The van der Waals surface area contributed by atoms with Crippen molar-refractivity contribution in [3.05, 3.63) is 45.6 Å². The summed E-state index contributed by atoms with van der Waals surface area (Å²) in [5.74, 6) is -0.0538. The van der Waals surface area contributed by atoms with Crippen molar-refractivity contribution in [2.75, 3.05) is 13.7 Å². The van der Waals surface area contributed by atoms with E-state index in [-0.39, 0.29) is 24.3 Å². The Balaban J connectivity index is 2.51. The molecule has 2 N–H and O–H groups in total. The van der Waals surface area contributed by atoms with Crippen molar-refractivity contribution < 1.29 is 14.2 Å². The summed E-state index contributed by atoms with van der Waals surface area (Å²) in [6, 6.07) is 4.24. The zero-order chi connectivity index (χ0) is 14.7. The fourth-order valence-corrected chi connectivity index (χ4v) is 1.96. The van der Waals surface area contributed by atoms with E-state index < -0.39 is 5.82 Å². The number of nitrogens with one attached hydrogen (secondary N) is 1. The Bertz CT molecular complexity index is 683. The molecule has 0 aliphatic rings. The summed E-state index contributed by atoms with van der Waals surface area (Å²) in [6.07, 6.45) is 0.251. The van der Waals surface area contributed by atoms with Crippen LogP contribution in [0.25, 0.3) is 11.4 Å². The van der Waals surface area contributed by atoms with Crippen molar-refractivity contribution in [2.45, 2.75) is 13.3 Å². The summed E-state index contributed by atoms with van der Waals surface area (Å²) in [5, 5.41) is 8.91. The fraction of sp³-hybridized carbons (Fsp3) is 0.286. The Morgan fingerprint density at radius 3 is 2.80 bits per heavy atom. The first-order valence-corrected chi connectivity index (χ1v) is 6.11. The summed E-state index contributed by atoms with van der Waals surface area (Å²) in [5.41, 5.74) is 1.25. The molecule has 0 aliphatic heterocycles. The molecule has 1 aromatic carbocycles. The molecule has 1 aromatic heterocycles. The third-order valence-electron chi connectivity index (χ3n) is 3.01. The zero-order valence-electron chi connectivity index (χ0n) is 11.2. The topological polar surface area (TPSA) is 75.2 Å². The molecule has 0 amide bonds. The predicted octanol–water partition coefficient (Wildman–Crippen LogP) is 1.43. The fourth-order valence-electron chi connectivity index (χ4n) is 1.96. The van der Waals surface area contributed by atoms with Gasteiger partial charge in [0, 0.05) is 29.8 Å². The van der Waals surface area contributed by atoms with E-state index in [1.54, 1.807) is 6.92 Å². The number of halogens is 1. The molecule has 5 nitrogen and oxygen atoms in total. The number of aliphatic hydroxyl groups excluding tert-OH is 1. The van der Waals surface area contributed by atoms with Gasteiger partial charge in [-0.25, -0.2) is 9.37 Å². The number of aromatic nitrogens is 2. The smallest absolute Gasteiger partial charge is 0.254 e. The number of hydrogen-bond donors (Lipinski definition) is 2. The van der Waals surface area contributed by atoms with Gasteiger partial charge in [0.25, 0.3) is 5.56 Å². The summed E-state index contributed by atoms with van der Waals surface area (Å²) < 4.78 is 18.3. The Kier molecular flexibility index (Phi) is 4.14. The van der Waals surface area contributed by atoms with Gasteiger partial charge in [0.05, 0.1) is 7.11 Å². The average Bonchev–Trinajstić information content (AvgIpc) is 2.43. The standard InChI is InChI=1S/C14H15FN2O3/c1-8-10(5-6-18)14(19)17-13(16-8)9-3-4-11(15)12(7-9)20-2/h3-4,7,18H,5-6H2,1-2H3,(H,16,17,19). The van der Waals surface area contributed by atoms with E-state index in [4.69, 9.17) is 9.84 Å². The minimum Gasteiger partial charge on any atom is -0.494 e. The maximum absolute atomic E-state index is 13.4. The van der Waals surface area contributed by atoms with Crippen LogP contribution in [0, 0.1) is 12.7 Å². The van der Waals surface area contributed by atoms with Gasteiger partial charge in [-0.1, -0.05) is 0 Å². The highest BCUT2D eigenvalue weighted by atomic mass is 19.1. The van der Waals surface area contributed by atoms with Gasteiger partial charge in [0.15, 0.2) is 11.6 Å². The second kappa shape index (κ2) is 5.83. The normalized spacial score (nSPS) is 10.6. The molecule has 0 saturated heterocycles. The van der Waals surface area contributed by atoms with Gasteiger partial charge in [-0.3, -0.25) is 4.79 Å². The van der Waals surface area contributed by atoms with E-state index in [1.807, 2.05) is 0 Å². The summed E-state index contributed by atoms with van der Waals surface area (Å²) in [4.78, 5) is 18.8. The number of aliphatic hydroxyl groups is 1. The third kappa shape index (κ3) is 2.70. The molecule has 6 heteroatoms. The summed E-state index contributed by atoms with van der Waals surface area (Å²) in [6.45, 7) is 1.58. The first-order chi connectivity index (χ1) is 9.56. The van der Waals surface area contributed by atoms with Crippen LogP contribution in [-0.4, -0.2) is 28.8 Å². The molecule has 2 rings (SSSR count). The molecule has 0 unspecified atom stereocenters. The molecule has 1 heterocycles. The minimum absolute atomic E-state index is 0.0854. The monoisotopic (exact) mass is 278 g/mol. The Morgan fingerprint density at radius 1 is 1.45 bits per heavy atom. The zero-order valence-corrected chi connectivity index (χ0v) is 11.2. The van der Waals surface area contributed by atoms with Gasteiger partial charge >= 0.3 is 0 Å². The summed E-state index contributed by atoms with van der Waals surface area (Å²) >= 11 is 0. The number of benzene rings is 1. The Hall–Kier alpha value is -2.21. The molecule has 0 aliphatic carbocycles. The Labute approximate surface area is 115 Å². The van der Waals surface area contributed by atoms with Crippen LogP contribution in [0.5, 0.6) is 5.75 Å². The van der Waals surface area contributed by atoms with Crippen molar-refractivity contribution in [3.8, 4) is 17.1 Å². The van der Waals surface area contributed by atoms with Gasteiger partial charge in [-0.2, -0.15) is 0 Å². The maximum atomic E-state index is 13.4. The Morgan fingerprint density at radius 2 is 2.20 bits per heavy atom. The van der Waals surface area contributed by atoms with Crippen LogP contribution in [0.3, 0.4) is 0 Å². The number of aryl methyl sites for hydroxylation is 1. The molecule has 0 atom stereocenters.